The summed E-state index contributed by atoms with van der Waals surface area (Å²) in [5.41, 5.74) is 3.34. The molecule has 0 bridgehead atoms. The fraction of sp³-hybridized carbons (Fsp3) is 0.583. The van der Waals surface area contributed by atoms with Crippen LogP contribution < -0.4 is 0 Å². The van der Waals surface area contributed by atoms with Crippen molar-refractivity contribution in [1.29, 1.82) is 0 Å². The molecule has 1 rings (SSSR count). The molecule has 15 heavy (non-hydrogen) atoms. The number of nitrogens with zero attached hydrogens (tertiary/aromatic N) is 2. The second-order valence-electron chi connectivity index (χ2n) is 4.00. The summed E-state index contributed by atoms with van der Waals surface area (Å²) in [6.45, 7) is 7.68. The fourth-order valence-electron chi connectivity index (χ4n) is 1.76. The highest BCUT2D eigenvalue weighted by Gasteiger charge is 2.13. The maximum absolute atomic E-state index is 9.81. The van der Waals surface area contributed by atoms with E-state index < -0.39 is 0 Å². The SMILES string of the molecule is C=CCCC(O)Cc1c(C)nn(C)c1C. The zero-order valence-corrected chi connectivity index (χ0v) is 9.82. The molecule has 0 radical (unpaired) electrons. The molecule has 84 valence electrons. The minimum absolute atomic E-state index is 0.287. The lowest BCUT2D eigenvalue weighted by Crippen LogP contribution is -2.11. The van der Waals surface area contributed by atoms with E-state index in [9.17, 15) is 5.11 Å². The smallest absolute Gasteiger partial charge is 0.0629 e. The van der Waals surface area contributed by atoms with Crippen LogP contribution in [0.1, 0.15) is 29.8 Å². The molecule has 3 heteroatoms. The zero-order chi connectivity index (χ0) is 11.4. The molecule has 0 aliphatic carbocycles. The van der Waals surface area contributed by atoms with Gasteiger partial charge in [-0.3, -0.25) is 4.68 Å². The van der Waals surface area contributed by atoms with Gasteiger partial charge in [-0.25, -0.2) is 0 Å². The van der Waals surface area contributed by atoms with Crippen LogP contribution in [0.5, 0.6) is 0 Å². The standard InChI is InChI=1S/C12H20N2O/c1-5-6-7-11(15)8-12-9(2)13-14(4)10(12)3/h5,11,15H,1,6-8H2,2-4H3. The van der Waals surface area contributed by atoms with Crippen LogP contribution in [-0.4, -0.2) is 21.0 Å². The molecule has 1 aromatic rings. The Kier molecular flexibility index (Phi) is 4.09. The molecule has 0 saturated carbocycles. The van der Waals surface area contributed by atoms with Crippen LogP contribution in [0.3, 0.4) is 0 Å². The number of allylic oxidation sites excluding steroid dienone is 1. The van der Waals surface area contributed by atoms with E-state index in [4.69, 9.17) is 0 Å². The minimum atomic E-state index is -0.287. The van der Waals surface area contributed by atoms with E-state index in [1.807, 2.05) is 31.7 Å². The first-order valence-corrected chi connectivity index (χ1v) is 5.34. The third kappa shape index (κ3) is 2.93. The molecule has 1 heterocycles. The topological polar surface area (TPSA) is 38.1 Å². The van der Waals surface area contributed by atoms with Crippen LogP contribution in [0.15, 0.2) is 12.7 Å². The summed E-state index contributed by atoms with van der Waals surface area (Å²) in [5.74, 6) is 0. The molecule has 0 aliphatic rings. The first-order chi connectivity index (χ1) is 7.06. The Morgan fingerprint density at radius 3 is 2.67 bits per heavy atom. The molecular weight excluding hydrogens is 188 g/mol. The van der Waals surface area contributed by atoms with Gasteiger partial charge in [0.1, 0.15) is 0 Å². The Hall–Kier alpha value is -1.09. The van der Waals surface area contributed by atoms with E-state index in [1.54, 1.807) is 0 Å². The molecule has 0 saturated heterocycles. The Balaban J connectivity index is 2.67. The minimum Gasteiger partial charge on any atom is -0.393 e. The molecule has 0 fully saturated rings. The van der Waals surface area contributed by atoms with Crippen molar-refractivity contribution >= 4 is 0 Å². The van der Waals surface area contributed by atoms with Crippen LogP contribution in [0.2, 0.25) is 0 Å². The van der Waals surface area contributed by atoms with Crippen molar-refractivity contribution < 1.29 is 5.11 Å². The van der Waals surface area contributed by atoms with E-state index in [0.29, 0.717) is 6.42 Å². The van der Waals surface area contributed by atoms with Crippen LogP contribution in [-0.2, 0) is 13.5 Å². The average molecular weight is 208 g/mol. The number of aliphatic hydroxyl groups excluding tert-OH is 1. The summed E-state index contributed by atoms with van der Waals surface area (Å²) < 4.78 is 1.87. The van der Waals surface area contributed by atoms with Crippen LogP contribution in [0, 0.1) is 13.8 Å². The summed E-state index contributed by atoms with van der Waals surface area (Å²) in [7, 11) is 1.93. The molecule has 1 N–H and O–H groups in total. The second-order valence-corrected chi connectivity index (χ2v) is 4.00. The molecule has 0 aliphatic heterocycles. The molecule has 1 unspecified atom stereocenters. The van der Waals surface area contributed by atoms with Gasteiger partial charge in [0.15, 0.2) is 0 Å². The normalized spacial score (nSPS) is 12.8. The van der Waals surface area contributed by atoms with Crippen LogP contribution in [0.25, 0.3) is 0 Å². The molecule has 1 atom stereocenters. The summed E-state index contributed by atoms with van der Waals surface area (Å²) in [5, 5.41) is 14.1. The van der Waals surface area contributed by atoms with Crippen molar-refractivity contribution in [2.75, 3.05) is 0 Å². The second kappa shape index (κ2) is 5.12. The van der Waals surface area contributed by atoms with E-state index in [0.717, 1.165) is 24.2 Å². The molecular formula is C12H20N2O. The van der Waals surface area contributed by atoms with Crippen molar-refractivity contribution in [2.45, 2.75) is 39.2 Å². The predicted molar refractivity (Wildman–Crippen MR) is 61.8 cm³/mol. The van der Waals surface area contributed by atoms with Crippen LogP contribution >= 0.6 is 0 Å². The Bertz CT molecular complexity index is 342. The molecule has 1 aromatic heterocycles. The monoisotopic (exact) mass is 208 g/mol. The number of hydrogen-bond acceptors (Lipinski definition) is 2. The first-order valence-electron chi connectivity index (χ1n) is 5.34. The van der Waals surface area contributed by atoms with Gasteiger partial charge in [-0.2, -0.15) is 5.10 Å². The van der Waals surface area contributed by atoms with Gasteiger partial charge in [-0.1, -0.05) is 6.08 Å². The third-order valence-corrected chi connectivity index (χ3v) is 2.80. The van der Waals surface area contributed by atoms with Gasteiger partial charge < -0.3 is 5.11 Å². The van der Waals surface area contributed by atoms with Crippen molar-refractivity contribution in [3.05, 3.63) is 29.6 Å². The summed E-state index contributed by atoms with van der Waals surface area (Å²) >= 11 is 0. The van der Waals surface area contributed by atoms with E-state index in [2.05, 4.69) is 11.7 Å². The Labute approximate surface area is 91.4 Å². The summed E-state index contributed by atoms with van der Waals surface area (Å²) in [6, 6.07) is 0. The third-order valence-electron chi connectivity index (χ3n) is 2.80. The van der Waals surface area contributed by atoms with E-state index >= 15 is 0 Å². The summed E-state index contributed by atoms with van der Waals surface area (Å²) in [6.07, 6.45) is 3.88. The molecule has 0 aromatic carbocycles. The highest BCUT2D eigenvalue weighted by molar-refractivity contribution is 5.24. The lowest BCUT2D eigenvalue weighted by molar-refractivity contribution is 0.165. The van der Waals surface area contributed by atoms with E-state index in [-0.39, 0.29) is 6.10 Å². The largest absolute Gasteiger partial charge is 0.393 e. The van der Waals surface area contributed by atoms with Gasteiger partial charge in [0.25, 0.3) is 0 Å². The quantitative estimate of drug-likeness (QED) is 0.751. The molecule has 0 amide bonds. The molecule has 0 spiro atoms. The highest BCUT2D eigenvalue weighted by Crippen LogP contribution is 2.15. The maximum Gasteiger partial charge on any atom is 0.0629 e. The van der Waals surface area contributed by atoms with Gasteiger partial charge in [0.05, 0.1) is 11.8 Å². The number of aromatic nitrogens is 2. The predicted octanol–water partition coefficient (Wildman–Crippen LogP) is 1.91. The highest BCUT2D eigenvalue weighted by atomic mass is 16.3. The lowest BCUT2D eigenvalue weighted by Gasteiger charge is -2.09. The van der Waals surface area contributed by atoms with E-state index in [1.165, 1.54) is 5.56 Å². The van der Waals surface area contributed by atoms with Gasteiger partial charge in [0.2, 0.25) is 0 Å². The van der Waals surface area contributed by atoms with Crippen LogP contribution in [0.4, 0.5) is 0 Å². The average Bonchev–Trinajstić information content (AvgIpc) is 2.42. The van der Waals surface area contributed by atoms with Gasteiger partial charge in [-0.05, 0) is 32.3 Å². The van der Waals surface area contributed by atoms with Crippen molar-refractivity contribution in [2.24, 2.45) is 7.05 Å². The molecule has 3 nitrogen and oxygen atoms in total. The van der Waals surface area contributed by atoms with Gasteiger partial charge >= 0.3 is 0 Å². The lowest BCUT2D eigenvalue weighted by atomic mass is 10.0. The van der Waals surface area contributed by atoms with Gasteiger partial charge in [0, 0.05) is 19.2 Å². The zero-order valence-electron chi connectivity index (χ0n) is 9.82. The first kappa shape index (κ1) is 12.0. The number of hydrogen-bond donors (Lipinski definition) is 1. The van der Waals surface area contributed by atoms with Gasteiger partial charge in [-0.15, -0.1) is 6.58 Å². The summed E-state index contributed by atoms with van der Waals surface area (Å²) in [4.78, 5) is 0. The number of rotatable bonds is 5. The fourth-order valence-corrected chi connectivity index (χ4v) is 1.76. The number of aryl methyl sites for hydroxylation is 2. The maximum atomic E-state index is 9.81. The van der Waals surface area contributed by atoms with Crippen molar-refractivity contribution in [3.8, 4) is 0 Å². The Morgan fingerprint density at radius 2 is 2.20 bits per heavy atom. The Morgan fingerprint density at radius 1 is 1.53 bits per heavy atom. The van der Waals surface area contributed by atoms with Crippen molar-refractivity contribution in [3.63, 3.8) is 0 Å². The van der Waals surface area contributed by atoms with Crippen molar-refractivity contribution in [1.82, 2.24) is 9.78 Å². The number of aliphatic hydroxyl groups is 1.